The Morgan fingerprint density at radius 3 is 2.74 bits per heavy atom. The lowest BCUT2D eigenvalue weighted by Gasteiger charge is -2.52. The third kappa shape index (κ3) is 3.46. The summed E-state index contributed by atoms with van der Waals surface area (Å²) in [6.45, 7) is 5.65. The van der Waals surface area contributed by atoms with Gasteiger partial charge in [0.25, 0.3) is 0 Å². The average molecular weight is 464 g/mol. The Labute approximate surface area is 202 Å². The number of morpholine rings is 1. The third-order valence-electron chi connectivity index (χ3n) is 9.65. The minimum absolute atomic E-state index is 0.0704. The highest BCUT2D eigenvalue weighted by Crippen LogP contribution is 2.64. The summed E-state index contributed by atoms with van der Waals surface area (Å²) in [7, 11) is 1.78. The summed E-state index contributed by atoms with van der Waals surface area (Å²) in [6.07, 6.45) is 8.23. The standard InChI is InChI=1S/C29H37NO4/c1-29-17-24(22-7-4-19(16-26(22)33-2)30-11-13-34-14-12-30)28-21-8-5-20(31)15-18(21)3-6-23(28)25(29)9-10-27(29)32/h4,7,15-16,23-25,27,32H,3,5-6,8-14,17H2,1-2H3. The van der Waals surface area contributed by atoms with Gasteiger partial charge in [0.15, 0.2) is 5.78 Å². The Morgan fingerprint density at radius 2 is 1.94 bits per heavy atom. The van der Waals surface area contributed by atoms with Crippen LogP contribution in [-0.2, 0) is 9.53 Å². The Balaban J connectivity index is 1.47. The molecule has 1 N–H and O–H groups in total. The number of methoxy groups -OCH3 is 1. The molecule has 1 aromatic carbocycles. The molecule has 1 aromatic rings. The van der Waals surface area contributed by atoms with Crippen molar-refractivity contribution in [3.8, 4) is 5.75 Å². The fraction of sp³-hybridized carbons (Fsp3) is 0.621. The summed E-state index contributed by atoms with van der Waals surface area (Å²) in [5.74, 6) is 2.46. The summed E-state index contributed by atoms with van der Waals surface area (Å²) in [4.78, 5) is 14.6. The van der Waals surface area contributed by atoms with E-state index in [-0.39, 0.29) is 23.2 Å². The van der Waals surface area contributed by atoms with Crippen molar-refractivity contribution in [1.82, 2.24) is 0 Å². The number of ketones is 1. The number of carbonyl (C=O) groups is 1. The number of carbonyl (C=O) groups excluding carboxylic acids is 1. The van der Waals surface area contributed by atoms with Crippen molar-refractivity contribution >= 4 is 11.5 Å². The number of hydrogen-bond acceptors (Lipinski definition) is 5. The van der Waals surface area contributed by atoms with Gasteiger partial charge < -0.3 is 19.5 Å². The molecule has 182 valence electrons. The molecule has 4 aliphatic carbocycles. The molecule has 5 heteroatoms. The van der Waals surface area contributed by atoms with Crippen molar-refractivity contribution < 1.29 is 19.4 Å². The first-order valence-corrected chi connectivity index (χ1v) is 13.1. The molecule has 5 atom stereocenters. The lowest BCUT2D eigenvalue weighted by molar-refractivity contribution is -0.114. The van der Waals surface area contributed by atoms with Gasteiger partial charge in [0.1, 0.15) is 5.75 Å². The second-order valence-corrected chi connectivity index (χ2v) is 11.2. The van der Waals surface area contributed by atoms with Crippen LogP contribution in [0.25, 0.3) is 0 Å². The molecule has 1 heterocycles. The number of aliphatic hydroxyl groups excluding tert-OH is 1. The molecule has 0 spiro atoms. The van der Waals surface area contributed by atoms with E-state index in [1.807, 2.05) is 6.08 Å². The first-order valence-electron chi connectivity index (χ1n) is 13.1. The van der Waals surface area contributed by atoms with Crippen LogP contribution in [0.1, 0.15) is 63.4 Å². The van der Waals surface area contributed by atoms with E-state index in [9.17, 15) is 9.90 Å². The van der Waals surface area contributed by atoms with Crippen molar-refractivity contribution in [3.05, 3.63) is 46.6 Å². The zero-order chi connectivity index (χ0) is 23.4. The van der Waals surface area contributed by atoms with Crippen molar-refractivity contribution in [3.63, 3.8) is 0 Å². The van der Waals surface area contributed by atoms with Gasteiger partial charge >= 0.3 is 0 Å². The summed E-state index contributed by atoms with van der Waals surface area (Å²) >= 11 is 0. The maximum atomic E-state index is 12.2. The summed E-state index contributed by atoms with van der Waals surface area (Å²) in [5.41, 5.74) is 6.63. The zero-order valence-corrected chi connectivity index (χ0v) is 20.5. The van der Waals surface area contributed by atoms with E-state index >= 15 is 0 Å². The predicted molar refractivity (Wildman–Crippen MR) is 132 cm³/mol. The Kier molecular flexibility index (Phi) is 5.61. The number of anilines is 1. The van der Waals surface area contributed by atoms with Crippen LogP contribution < -0.4 is 9.64 Å². The monoisotopic (exact) mass is 463 g/mol. The maximum absolute atomic E-state index is 12.2. The van der Waals surface area contributed by atoms with Gasteiger partial charge in [-0.3, -0.25) is 4.79 Å². The van der Waals surface area contributed by atoms with Crippen LogP contribution in [0.3, 0.4) is 0 Å². The van der Waals surface area contributed by atoms with Gasteiger partial charge in [-0.1, -0.05) is 18.6 Å². The van der Waals surface area contributed by atoms with E-state index in [2.05, 4.69) is 30.0 Å². The van der Waals surface area contributed by atoms with Crippen LogP contribution in [0.5, 0.6) is 5.75 Å². The van der Waals surface area contributed by atoms with Gasteiger partial charge in [-0.05, 0) is 79.1 Å². The average Bonchev–Trinajstić information content (AvgIpc) is 3.17. The normalized spacial score (nSPS) is 35.4. The number of allylic oxidation sites excluding steroid dienone is 4. The van der Waals surface area contributed by atoms with Crippen molar-refractivity contribution in [2.75, 3.05) is 38.3 Å². The smallest absolute Gasteiger partial charge is 0.156 e. The van der Waals surface area contributed by atoms with Crippen LogP contribution in [-0.4, -0.2) is 50.4 Å². The largest absolute Gasteiger partial charge is 0.496 e. The molecule has 0 bridgehead atoms. The second-order valence-electron chi connectivity index (χ2n) is 11.2. The van der Waals surface area contributed by atoms with Crippen LogP contribution in [0.4, 0.5) is 5.69 Å². The van der Waals surface area contributed by atoms with E-state index < -0.39 is 0 Å². The number of hydrogen-bond donors (Lipinski definition) is 1. The number of nitrogens with zero attached hydrogens (tertiary/aromatic N) is 1. The topological polar surface area (TPSA) is 59.0 Å². The molecule has 2 saturated carbocycles. The van der Waals surface area contributed by atoms with E-state index in [1.54, 1.807) is 12.7 Å². The highest BCUT2D eigenvalue weighted by molar-refractivity contribution is 5.93. The Hall–Kier alpha value is -2.11. The molecule has 34 heavy (non-hydrogen) atoms. The number of aliphatic hydroxyl groups is 1. The zero-order valence-electron chi connectivity index (χ0n) is 20.5. The molecule has 5 nitrogen and oxygen atoms in total. The molecule has 0 radical (unpaired) electrons. The van der Waals surface area contributed by atoms with Crippen LogP contribution in [0, 0.1) is 17.3 Å². The number of fused-ring (bicyclic) bond motifs is 4. The van der Waals surface area contributed by atoms with E-state index in [0.717, 1.165) is 70.6 Å². The maximum Gasteiger partial charge on any atom is 0.156 e. The summed E-state index contributed by atoms with van der Waals surface area (Å²) < 4.78 is 11.6. The second kappa shape index (κ2) is 8.53. The van der Waals surface area contributed by atoms with Gasteiger partial charge in [-0.15, -0.1) is 0 Å². The lowest BCUT2D eigenvalue weighted by Crippen LogP contribution is -2.45. The first kappa shape index (κ1) is 22.4. The van der Waals surface area contributed by atoms with Crippen LogP contribution in [0.2, 0.25) is 0 Å². The van der Waals surface area contributed by atoms with E-state index in [4.69, 9.17) is 9.47 Å². The number of ether oxygens (including phenoxy) is 2. The molecule has 5 unspecified atom stereocenters. The van der Waals surface area contributed by atoms with Crippen molar-refractivity contribution in [1.29, 1.82) is 0 Å². The lowest BCUT2D eigenvalue weighted by atomic mass is 9.53. The third-order valence-corrected chi connectivity index (χ3v) is 9.65. The first-order chi connectivity index (χ1) is 16.5. The number of benzene rings is 1. The van der Waals surface area contributed by atoms with Gasteiger partial charge in [0, 0.05) is 42.7 Å². The molecular formula is C29H37NO4. The van der Waals surface area contributed by atoms with Gasteiger partial charge in [-0.2, -0.15) is 0 Å². The Morgan fingerprint density at radius 1 is 1.12 bits per heavy atom. The fourth-order valence-corrected chi connectivity index (χ4v) is 7.92. The highest BCUT2D eigenvalue weighted by Gasteiger charge is 2.56. The fourth-order valence-electron chi connectivity index (χ4n) is 7.92. The van der Waals surface area contributed by atoms with Gasteiger partial charge in [0.05, 0.1) is 26.4 Å². The highest BCUT2D eigenvalue weighted by atomic mass is 16.5. The van der Waals surface area contributed by atoms with Crippen molar-refractivity contribution in [2.45, 2.75) is 63.9 Å². The van der Waals surface area contributed by atoms with E-state index in [0.29, 0.717) is 18.3 Å². The molecule has 3 fully saturated rings. The van der Waals surface area contributed by atoms with E-state index in [1.165, 1.54) is 22.4 Å². The summed E-state index contributed by atoms with van der Waals surface area (Å²) in [5, 5.41) is 11.1. The van der Waals surface area contributed by atoms with Gasteiger partial charge in [-0.25, -0.2) is 0 Å². The van der Waals surface area contributed by atoms with Crippen LogP contribution >= 0.6 is 0 Å². The van der Waals surface area contributed by atoms with Crippen molar-refractivity contribution in [2.24, 2.45) is 17.3 Å². The Bertz CT molecular complexity index is 1050. The predicted octanol–water partition coefficient (Wildman–Crippen LogP) is 4.79. The van der Waals surface area contributed by atoms with Crippen LogP contribution in [0.15, 0.2) is 41.0 Å². The molecule has 5 aliphatic rings. The molecular weight excluding hydrogens is 426 g/mol. The number of rotatable bonds is 3. The van der Waals surface area contributed by atoms with Gasteiger partial charge in [0.2, 0.25) is 0 Å². The molecule has 1 saturated heterocycles. The molecule has 6 rings (SSSR count). The molecule has 0 amide bonds. The summed E-state index contributed by atoms with van der Waals surface area (Å²) in [6, 6.07) is 6.72. The minimum atomic E-state index is -0.241. The quantitative estimate of drug-likeness (QED) is 0.698. The molecule has 0 aromatic heterocycles. The SMILES string of the molecule is COc1cc(N2CCOCC2)ccc1C1CC2(C)C(O)CCC2C2CCC3=CC(=O)CCC3=C12. The minimum Gasteiger partial charge on any atom is -0.496 e. The molecule has 1 aliphatic heterocycles.